The third kappa shape index (κ3) is 8.08. The molecule has 60 heavy (non-hydrogen) atoms. The monoisotopic (exact) mass is 820 g/mol. The Balaban J connectivity index is 1.08. The molecule has 7 atom stereocenters. The number of halogens is 1. The molecule has 4 unspecified atom stereocenters. The number of carbonyl (C=O) groups excluding carboxylic acids is 3. The van der Waals surface area contributed by atoms with E-state index in [9.17, 15) is 28.4 Å². The van der Waals surface area contributed by atoms with Gasteiger partial charge in [-0.05, 0) is 34.9 Å². The second kappa shape index (κ2) is 16.8. The minimum Gasteiger partial charge on any atom is -0.462 e. The number of benzene rings is 3. The van der Waals surface area contributed by atoms with Crippen LogP contribution in [0.3, 0.4) is 0 Å². The Kier molecular flexibility index (Phi) is 11.2. The molecular formula is C42H41FN8O9. The fourth-order valence-corrected chi connectivity index (χ4v) is 7.56. The number of nitrogens with two attached hydrogens (primary N) is 3. The average molecular weight is 821 g/mol. The highest BCUT2D eigenvalue weighted by molar-refractivity contribution is 5.86. The normalized spacial score (nSPS) is 19.3. The van der Waals surface area contributed by atoms with Gasteiger partial charge in [-0.3, -0.25) is 28.7 Å². The zero-order valence-corrected chi connectivity index (χ0v) is 31.8. The molecule has 1 aliphatic heterocycles. The topological polar surface area (TPSA) is 268 Å². The molecule has 10 N–H and O–H groups in total. The van der Waals surface area contributed by atoms with E-state index in [1.807, 2.05) is 77.8 Å². The predicted molar refractivity (Wildman–Crippen MR) is 216 cm³/mol. The molecule has 7 aromatic rings. The van der Waals surface area contributed by atoms with Crippen molar-refractivity contribution in [1.29, 1.82) is 0 Å². The highest BCUT2D eigenvalue weighted by atomic mass is 19.1. The van der Waals surface area contributed by atoms with Gasteiger partial charge in [0.15, 0.2) is 18.4 Å². The molecule has 0 saturated carbocycles. The van der Waals surface area contributed by atoms with Crippen molar-refractivity contribution in [2.75, 3.05) is 6.61 Å². The molecule has 310 valence electrons. The van der Waals surface area contributed by atoms with E-state index in [1.54, 1.807) is 18.6 Å². The van der Waals surface area contributed by atoms with Gasteiger partial charge in [0.05, 0.1) is 6.20 Å². The lowest BCUT2D eigenvalue weighted by Crippen LogP contribution is -2.48. The first-order valence-electron chi connectivity index (χ1n) is 19.1. The maximum atomic E-state index is 14.8. The maximum Gasteiger partial charge on any atom is 0.330 e. The van der Waals surface area contributed by atoms with Gasteiger partial charge in [-0.25, -0.2) is 4.79 Å². The molecule has 0 bridgehead atoms. The highest BCUT2D eigenvalue weighted by Gasteiger charge is 2.52. The number of H-pyrrole nitrogens is 4. The van der Waals surface area contributed by atoms with Gasteiger partial charge in [0.2, 0.25) is 5.82 Å². The lowest BCUT2D eigenvalue weighted by atomic mass is 10.0. The summed E-state index contributed by atoms with van der Waals surface area (Å²) in [6.07, 6.45) is -0.697. The summed E-state index contributed by atoms with van der Waals surface area (Å²) in [5.74, 6) is -4.19. The number of carbonyl (C=O) groups is 3. The molecule has 18 heteroatoms. The van der Waals surface area contributed by atoms with Crippen LogP contribution >= 0.6 is 0 Å². The van der Waals surface area contributed by atoms with E-state index in [0.29, 0.717) is 21.9 Å². The van der Waals surface area contributed by atoms with Crippen LogP contribution in [0.15, 0.2) is 107 Å². The van der Waals surface area contributed by atoms with E-state index < -0.39 is 84.2 Å². The van der Waals surface area contributed by atoms with Gasteiger partial charge in [-0.15, -0.1) is 0 Å². The lowest BCUT2D eigenvalue weighted by Gasteiger charge is -2.27. The quantitative estimate of drug-likeness (QED) is 0.0614. The van der Waals surface area contributed by atoms with Gasteiger partial charge in [-0.1, -0.05) is 54.6 Å². The first kappa shape index (κ1) is 39.9. The van der Waals surface area contributed by atoms with Crippen LogP contribution < -0.4 is 28.5 Å². The summed E-state index contributed by atoms with van der Waals surface area (Å²) in [6, 6.07) is 18.5. The van der Waals surface area contributed by atoms with E-state index in [2.05, 4.69) is 15.0 Å². The summed E-state index contributed by atoms with van der Waals surface area (Å²) in [5, 5.41) is 2.51. The van der Waals surface area contributed by atoms with Crippen LogP contribution in [0.25, 0.3) is 32.7 Å². The first-order chi connectivity index (χ1) is 28.9. The van der Waals surface area contributed by atoms with Gasteiger partial charge in [-0.2, -0.15) is 4.39 Å². The molecule has 0 radical (unpaired) electrons. The molecule has 0 amide bonds. The Labute approximate surface area is 338 Å². The second-order valence-corrected chi connectivity index (χ2v) is 14.7. The first-order valence-corrected chi connectivity index (χ1v) is 19.1. The Morgan fingerprint density at radius 1 is 0.667 bits per heavy atom. The van der Waals surface area contributed by atoms with Gasteiger partial charge in [0, 0.05) is 70.6 Å². The van der Waals surface area contributed by atoms with Gasteiger partial charge in [0.25, 0.3) is 5.56 Å². The minimum atomic E-state index is -1.74. The molecule has 1 fully saturated rings. The van der Waals surface area contributed by atoms with E-state index in [-0.39, 0.29) is 19.3 Å². The lowest BCUT2D eigenvalue weighted by molar-refractivity contribution is -0.171. The zero-order valence-electron chi connectivity index (χ0n) is 31.8. The van der Waals surface area contributed by atoms with Crippen molar-refractivity contribution in [3.8, 4) is 0 Å². The highest BCUT2D eigenvalue weighted by Crippen LogP contribution is 2.35. The predicted octanol–water partition coefficient (Wildman–Crippen LogP) is 2.09. The van der Waals surface area contributed by atoms with Crippen molar-refractivity contribution >= 4 is 50.6 Å². The van der Waals surface area contributed by atoms with E-state index in [0.717, 1.165) is 38.3 Å². The number of aromatic amines is 4. The average Bonchev–Trinajstić information content (AvgIpc) is 4.04. The number of hydrogen-bond donors (Lipinski definition) is 7. The second-order valence-electron chi connectivity index (χ2n) is 14.7. The van der Waals surface area contributed by atoms with Crippen LogP contribution in [-0.4, -0.2) is 85.5 Å². The Hall–Kier alpha value is -6.86. The standard InChI is InChI=1S/C42H41FN8O9/c43-27-19-51(42(56)50-37(27)52)38-36(60-41(55)30(46)15-23-18-49-33-12-6-3-9-26(23)33)35(59-40(54)29(45)14-22-17-48-32-11-5-2-8-25(22)32)34(58-38)20-57-39(53)28(44)13-21-16-47-31-10-4-1-7-24(21)31/h1-12,16-19,28-30,34-36,38,47-49H,13-15,20,44-46H2,(H,50,52,56)/t28?,29?,30?,34-,35+,36?,38-/m1/s1. The largest absolute Gasteiger partial charge is 0.462 e. The SMILES string of the molecule is NC(Cc1c[nH]c2ccccc12)C(=O)OC[C@H]1O[C@@H](n2cc(F)c(=O)[nH]c2=O)C(OC(=O)C(N)Cc2c[nH]c3ccccc23)[C@H]1OC(=O)C(N)Cc1c[nH]c2ccccc12. The van der Waals surface area contributed by atoms with Crippen LogP contribution in [0.5, 0.6) is 0 Å². The van der Waals surface area contributed by atoms with Crippen molar-refractivity contribution in [3.63, 3.8) is 0 Å². The van der Waals surface area contributed by atoms with Crippen molar-refractivity contribution in [3.05, 3.63) is 141 Å². The van der Waals surface area contributed by atoms with Crippen molar-refractivity contribution in [1.82, 2.24) is 24.5 Å². The number of hydrogen-bond acceptors (Lipinski definition) is 12. The number of rotatable bonds is 14. The number of fused-ring (bicyclic) bond motifs is 3. The summed E-state index contributed by atoms with van der Waals surface area (Å²) < 4.78 is 39.0. The van der Waals surface area contributed by atoms with E-state index >= 15 is 0 Å². The number of esters is 3. The van der Waals surface area contributed by atoms with E-state index in [1.165, 1.54) is 0 Å². The molecule has 17 nitrogen and oxygen atoms in total. The Bertz CT molecular complexity index is 2830. The third-order valence-corrected chi connectivity index (χ3v) is 10.6. The van der Waals surface area contributed by atoms with Crippen LogP contribution in [-0.2, 0) is 52.6 Å². The molecule has 1 saturated heterocycles. The summed E-state index contributed by atoms with van der Waals surface area (Å²) in [6.45, 7) is -0.636. The fourth-order valence-electron chi connectivity index (χ4n) is 7.56. The molecule has 4 aromatic heterocycles. The molecule has 1 aliphatic rings. The van der Waals surface area contributed by atoms with Crippen LogP contribution in [0.2, 0.25) is 0 Å². The van der Waals surface area contributed by atoms with Gasteiger partial charge >= 0.3 is 23.6 Å². The van der Waals surface area contributed by atoms with Crippen LogP contribution in [0, 0.1) is 5.82 Å². The number of nitrogens with one attached hydrogen (secondary N) is 4. The summed E-state index contributed by atoms with van der Waals surface area (Å²) in [5.41, 5.74) is 21.3. The molecule has 5 heterocycles. The summed E-state index contributed by atoms with van der Waals surface area (Å²) >= 11 is 0. The van der Waals surface area contributed by atoms with Crippen LogP contribution in [0.1, 0.15) is 22.9 Å². The molecule has 0 spiro atoms. The van der Waals surface area contributed by atoms with Crippen molar-refractivity contribution in [2.45, 2.75) is 61.9 Å². The number of nitrogens with zero attached hydrogens (tertiary/aromatic N) is 1. The third-order valence-electron chi connectivity index (χ3n) is 10.6. The maximum absolute atomic E-state index is 14.8. The minimum absolute atomic E-state index is 0.00360. The fraction of sp³-hybridized carbons (Fsp3) is 0.262. The summed E-state index contributed by atoms with van der Waals surface area (Å²) in [7, 11) is 0. The van der Waals surface area contributed by atoms with Crippen molar-refractivity contribution in [2.24, 2.45) is 17.2 Å². The summed E-state index contributed by atoms with van der Waals surface area (Å²) in [4.78, 5) is 77.5. The van der Waals surface area contributed by atoms with Crippen LogP contribution in [0.4, 0.5) is 4.39 Å². The Morgan fingerprint density at radius 2 is 1.10 bits per heavy atom. The molecule has 0 aliphatic carbocycles. The number of aromatic nitrogens is 5. The molecule has 3 aromatic carbocycles. The van der Waals surface area contributed by atoms with Gasteiger partial charge < -0.3 is 51.1 Å². The molecular weight excluding hydrogens is 780 g/mol. The van der Waals surface area contributed by atoms with Gasteiger partial charge in [0.1, 0.15) is 30.8 Å². The zero-order chi connectivity index (χ0) is 42.1. The number of para-hydroxylation sites is 3. The molecule has 8 rings (SSSR count). The van der Waals surface area contributed by atoms with Crippen molar-refractivity contribution < 1.29 is 37.7 Å². The Morgan fingerprint density at radius 3 is 1.58 bits per heavy atom. The van der Waals surface area contributed by atoms with E-state index in [4.69, 9.17) is 36.1 Å². The number of ether oxygens (including phenoxy) is 4. The smallest absolute Gasteiger partial charge is 0.330 e.